The van der Waals surface area contributed by atoms with E-state index in [4.69, 9.17) is 5.73 Å². The molecule has 0 saturated heterocycles. The molecular weight excluding hydrogens is 423 g/mol. The van der Waals surface area contributed by atoms with Crippen molar-refractivity contribution < 1.29 is 14.0 Å². The normalized spacial score (nSPS) is 11.8. The van der Waals surface area contributed by atoms with E-state index in [-0.39, 0.29) is 36.3 Å². The Morgan fingerprint density at radius 3 is 2.70 bits per heavy atom. The first-order valence-corrected chi connectivity index (χ1v) is 8.83. The maximum atomic E-state index is 13.2. The molecule has 27 heavy (non-hydrogen) atoms. The number of aromatic amines is 1. The number of aromatic nitrogens is 2. The maximum Gasteiger partial charge on any atom is 0.328 e. The fourth-order valence-electron chi connectivity index (χ4n) is 2.49. The fourth-order valence-corrected chi connectivity index (χ4v) is 2.92. The number of primary amides is 1. The number of nitrogens with zero attached hydrogens (tertiary/aromatic N) is 1. The first-order chi connectivity index (χ1) is 12.7. The number of nitrogens with two attached hydrogens (primary N) is 1. The highest BCUT2D eigenvalue weighted by Gasteiger charge is 2.13. The number of carbonyl (C=O) groups excluding carboxylic acids is 2. The SMILES string of the molecule is CC(Cc1ccc(F)c(Br)c1)NC(=O)CCn1cc(C(N)=O)c(=O)[nH]c1=O. The molecule has 1 unspecified atom stereocenters. The fraction of sp³-hybridized carbons (Fsp3) is 0.294. The lowest BCUT2D eigenvalue weighted by molar-refractivity contribution is -0.121. The summed E-state index contributed by atoms with van der Waals surface area (Å²) in [6.07, 6.45) is 1.49. The van der Waals surface area contributed by atoms with E-state index in [0.717, 1.165) is 16.3 Å². The molecule has 0 aliphatic rings. The average molecular weight is 441 g/mol. The van der Waals surface area contributed by atoms with Crippen LogP contribution in [0.15, 0.2) is 38.5 Å². The van der Waals surface area contributed by atoms with Crippen molar-refractivity contribution in [3.63, 3.8) is 0 Å². The number of carbonyl (C=O) groups is 2. The summed E-state index contributed by atoms with van der Waals surface area (Å²) in [6.45, 7) is 1.77. The molecule has 1 aromatic heterocycles. The number of aryl methyl sites for hydroxylation is 1. The van der Waals surface area contributed by atoms with E-state index in [0.29, 0.717) is 10.9 Å². The molecule has 0 saturated carbocycles. The predicted molar refractivity (Wildman–Crippen MR) is 99.9 cm³/mol. The number of amides is 2. The van der Waals surface area contributed by atoms with Gasteiger partial charge in [0, 0.05) is 25.2 Å². The Kier molecular flexibility index (Phi) is 6.67. The van der Waals surface area contributed by atoms with E-state index >= 15 is 0 Å². The maximum absolute atomic E-state index is 13.2. The van der Waals surface area contributed by atoms with Gasteiger partial charge in [0.1, 0.15) is 11.4 Å². The first-order valence-electron chi connectivity index (χ1n) is 8.04. The van der Waals surface area contributed by atoms with Crippen molar-refractivity contribution in [3.8, 4) is 0 Å². The number of halogens is 2. The van der Waals surface area contributed by atoms with E-state index in [1.54, 1.807) is 19.1 Å². The van der Waals surface area contributed by atoms with Crippen LogP contribution < -0.4 is 22.3 Å². The summed E-state index contributed by atoms with van der Waals surface area (Å²) in [5, 5.41) is 2.77. The quantitative estimate of drug-likeness (QED) is 0.584. The van der Waals surface area contributed by atoms with Gasteiger partial charge >= 0.3 is 5.69 Å². The van der Waals surface area contributed by atoms with Crippen molar-refractivity contribution in [2.45, 2.75) is 32.4 Å². The minimum absolute atomic E-state index is 0.0312. The molecule has 0 radical (unpaired) electrons. The molecule has 2 rings (SSSR count). The van der Waals surface area contributed by atoms with Crippen LogP contribution in [0.1, 0.15) is 29.3 Å². The molecule has 1 atom stereocenters. The molecule has 2 amide bonds. The number of rotatable bonds is 7. The summed E-state index contributed by atoms with van der Waals surface area (Å²) in [7, 11) is 0. The van der Waals surface area contributed by atoms with Crippen molar-refractivity contribution in [2.24, 2.45) is 5.73 Å². The van der Waals surface area contributed by atoms with Gasteiger partial charge in [-0.05, 0) is 47.0 Å². The van der Waals surface area contributed by atoms with Gasteiger partial charge in [0.15, 0.2) is 0 Å². The van der Waals surface area contributed by atoms with E-state index < -0.39 is 17.2 Å². The Morgan fingerprint density at radius 1 is 1.37 bits per heavy atom. The summed E-state index contributed by atoms with van der Waals surface area (Å²) in [5.74, 6) is -1.65. The Balaban J connectivity index is 1.95. The molecule has 0 bridgehead atoms. The van der Waals surface area contributed by atoms with Crippen LogP contribution in [0, 0.1) is 5.82 Å². The second-order valence-corrected chi connectivity index (χ2v) is 6.89. The Labute approximate surface area is 161 Å². The summed E-state index contributed by atoms with van der Waals surface area (Å²) < 4.78 is 14.6. The number of nitrogens with one attached hydrogen (secondary N) is 2. The lowest BCUT2D eigenvalue weighted by Crippen LogP contribution is -2.37. The minimum Gasteiger partial charge on any atom is -0.365 e. The highest BCUT2D eigenvalue weighted by Crippen LogP contribution is 2.17. The predicted octanol–water partition coefficient (Wildman–Crippen LogP) is 0.675. The zero-order chi connectivity index (χ0) is 20.1. The van der Waals surface area contributed by atoms with Crippen molar-refractivity contribution in [1.29, 1.82) is 0 Å². The molecule has 8 nitrogen and oxygen atoms in total. The molecule has 1 aromatic carbocycles. The molecule has 4 N–H and O–H groups in total. The van der Waals surface area contributed by atoms with Crippen LogP contribution in [0.25, 0.3) is 0 Å². The van der Waals surface area contributed by atoms with E-state index in [1.807, 2.05) is 4.98 Å². The van der Waals surface area contributed by atoms with Crippen molar-refractivity contribution >= 4 is 27.7 Å². The highest BCUT2D eigenvalue weighted by molar-refractivity contribution is 9.10. The van der Waals surface area contributed by atoms with Crippen molar-refractivity contribution in [2.75, 3.05) is 0 Å². The van der Waals surface area contributed by atoms with Gasteiger partial charge in [0.2, 0.25) is 5.91 Å². The third-order valence-corrected chi connectivity index (χ3v) is 4.40. The Morgan fingerprint density at radius 2 is 2.07 bits per heavy atom. The third-order valence-electron chi connectivity index (χ3n) is 3.79. The molecule has 0 aliphatic carbocycles. The number of hydrogen-bond acceptors (Lipinski definition) is 4. The smallest absolute Gasteiger partial charge is 0.328 e. The number of H-pyrrole nitrogens is 1. The third kappa shape index (κ3) is 5.61. The lowest BCUT2D eigenvalue weighted by Gasteiger charge is -2.15. The van der Waals surface area contributed by atoms with Crippen LogP contribution >= 0.6 is 15.9 Å². The van der Waals surface area contributed by atoms with Gasteiger partial charge in [-0.25, -0.2) is 9.18 Å². The Bertz CT molecular complexity index is 986. The monoisotopic (exact) mass is 440 g/mol. The van der Waals surface area contributed by atoms with Crippen molar-refractivity contribution in [3.05, 3.63) is 66.7 Å². The van der Waals surface area contributed by atoms with Gasteiger partial charge in [-0.3, -0.25) is 23.9 Å². The van der Waals surface area contributed by atoms with Gasteiger partial charge in [0.05, 0.1) is 4.47 Å². The molecule has 10 heteroatoms. The second kappa shape index (κ2) is 8.76. The van der Waals surface area contributed by atoms with Crippen LogP contribution in [-0.4, -0.2) is 27.4 Å². The van der Waals surface area contributed by atoms with Crippen LogP contribution in [-0.2, 0) is 17.8 Å². The number of benzene rings is 1. The topological polar surface area (TPSA) is 127 Å². The van der Waals surface area contributed by atoms with Gasteiger partial charge in [-0.1, -0.05) is 6.07 Å². The van der Waals surface area contributed by atoms with Crippen LogP contribution in [0.4, 0.5) is 4.39 Å². The van der Waals surface area contributed by atoms with E-state index in [2.05, 4.69) is 21.2 Å². The first kappa shape index (κ1) is 20.6. The van der Waals surface area contributed by atoms with Crippen LogP contribution in [0.3, 0.4) is 0 Å². The molecular formula is C17H18BrFN4O4. The van der Waals surface area contributed by atoms with Crippen LogP contribution in [0.5, 0.6) is 0 Å². The highest BCUT2D eigenvalue weighted by atomic mass is 79.9. The lowest BCUT2D eigenvalue weighted by atomic mass is 10.1. The summed E-state index contributed by atoms with van der Waals surface area (Å²) >= 11 is 3.11. The molecule has 0 spiro atoms. The Hall–Kier alpha value is -2.75. The zero-order valence-electron chi connectivity index (χ0n) is 14.4. The van der Waals surface area contributed by atoms with E-state index in [1.165, 1.54) is 6.07 Å². The summed E-state index contributed by atoms with van der Waals surface area (Å²) in [4.78, 5) is 48.4. The van der Waals surface area contributed by atoms with Crippen molar-refractivity contribution in [1.82, 2.24) is 14.9 Å². The number of hydrogen-bond donors (Lipinski definition) is 3. The van der Waals surface area contributed by atoms with Gasteiger partial charge in [-0.15, -0.1) is 0 Å². The molecule has 1 heterocycles. The van der Waals surface area contributed by atoms with Crippen LogP contribution in [0.2, 0.25) is 0 Å². The zero-order valence-corrected chi connectivity index (χ0v) is 16.0. The van der Waals surface area contributed by atoms with E-state index in [9.17, 15) is 23.6 Å². The van der Waals surface area contributed by atoms with Gasteiger partial charge in [-0.2, -0.15) is 0 Å². The summed E-state index contributed by atoms with van der Waals surface area (Å²) in [5.41, 5.74) is 3.96. The van der Waals surface area contributed by atoms with Gasteiger partial charge in [0.25, 0.3) is 11.5 Å². The molecule has 2 aromatic rings. The standard InChI is InChI=1S/C17H18BrFN4O4/c1-9(6-10-2-3-13(19)12(18)7-10)21-14(24)4-5-23-8-11(15(20)25)16(26)22-17(23)27/h2-3,7-9H,4-6H2,1H3,(H2,20,25)(H,21,24)(H,22,26,27). The molecule has 0 aliphatic heterocycles. The second-order valence-electron chi connectivity index (χ2n) is 6.03. The molecule has 0 fully saturated rings. The average Bonchev–Trinajstić information content (AvgIpc) is 2.57. The largest absolute Gasteiger partial charge is 0.365 e. The molecule has 144 valence electrons. The van der Waals surface area contributed by atoms with Gasteiger partial charge < -0.3 is 11.1 Å². The summed E-state index contributed by atoms with van der Waals surface area (Å²) in [6, 6.07) is 4.40. The minimum atomic E-state index is -0.964.